The number of hydrogen-bond acceptors (Lipinski definition) is 1. The second-order valence-electron chi connectivity index (χ2n) is 3.16. The van der Waals surface area contributed by atoms with Crippen molar-refractivity contribution in [2.45, 2.75) is 46.1 Å². The summed E-state index contributed by atoms with van der Waals surface area (Å²) in [5.74, 6) is 0. The van der Waals surface area contributed by atoms with Crippen molar-refractivity contribution in [2.75, 3.05) is 6.54 Å². The van der Waals surface area contributed by atoms with Crippen molar-refractivity contribution in [1.82, 2.24) is 5.32 Å². The maximum atomic E-state index is 3.42. The highest BCUT2D eigenvalue weighted by Gasteiger charge is 2.12. The van der Waals surface area contributed by atoms with Gasteiger partial charge in [0.15, 0.2) is 0 Å². The van der Waals surface area contributed by atoms with Gasteiger partial charge in [-0.1, -0.05) is 20.3 Å². The summed E-state index contributed by atoms with van der Waals surface area (Å²) >= 11 is 0. The van der Waals surface area contributed by atoms with Crippen molar-refractivity contribution in [3.05, 3.63) is 0 Å². The molecule has 0 heterocycles. The molecule has 0 saturated carbocycles. The molecular formula is C8H20ClN. The van der Waals surface area contributed by atoms with Gasteiger partial charge >= 0.3 is 0 Å². The Bertz CT molecular complexity index is 63.7. The van der Waals surface area contributed by atoms with E-state index in [0.29, 0.717) is 5.54 Å². The Hall–Kier alpha value is 0.250. The van der Waals surface area contributed by atoms with E-state index in [4.69, 9.17) is 0 Å². The molecule has 0 aliphatic heterocycles. The van der Waals surface area contributed by atoms with E-state index in [1.165, 1.54) is 12.8 Å². The van der Waals surface area contributed by atoms with Crippen LogP contribution in [0.15, 0.2) is 0 Å². The minimum atomic E-state index is 0. The molecule has 0 radical (unpaired) electrons. The van der Waals surface area contributed by atoms with Gasteiger partial charge < -0.3 is 5.32 Å². The quantitative estimate of drug-likeness (QED) is 0.676. The zero-order chi connectivity index (χ0) is 7.33. The molecule has 64 valence electrons. The maximum Gasteiger partial charge on any atom is 0.0124 e. The lowest BCUT2D eigenvalue weighted by atomic mass is 9.99. The topological polar surface area (TPSA) is 12.0 Å². The minimum absolute atomic E-state index is 0. The lowest BCUT2D eigenvalue weighted by Gasteiger charge is -2.24. The zero-order valence-corrected chi connectivity index (χ0v) is 8.35. The van der Waals surface area contributed by atoms with Gasteiger partial charge in [0.25, 0.3) is 0 Å². The minimum Gasteiger partial charge on any atom is -0.312 e. The molecule has 0 atom stereocenters. The van der Waals surface area contributed by atoms with Crippen LogP contribution in [-0.2, 0) is 0 Å². The van der Waals surface area contributed by atoms with Crippen molar-refractivity contribution >= 4 is 12.4 Å². The Balaban J connectivity index is 0. The molecule has 0 saturated heterocycles. The molecule has 0 aromatic carbocycles. The Labute approximate surface area is 71.0 Å². The molecule has 0 aliphatic rings. The first kappa shape index (κ1) is 12.9. The van der Waals surface area contributed by atoms with Gasteiger partial charge in [-0.2, -0.15) is 0 Å². The van der Waals surface area contributed by atoms with Crippen LogP contribution in [0.3, 0.4) is 0 Å². The number of hydrogen-bond donors (Lipinski definition) is 1. The van der Waals surface area contributed by atoms with Gasteiger partial charge in [-0.25, -0.2) is 0 Å². The average molecular weight is 166 g/mol. The molecule has 0 amide bonds. The second-order valence-corrected chi connectivity index (χ2v) is 3.16. The Morgan fingerprint density at radius 2 is 1.70 bits per heavy atom. The highest BCUT2D eigenvalue weighted by molar-refractivity contribution is 5.85. The molecular weight excluding hydrogens is 146 g/mol. The van der Waals surface area contributed by atoms with Crippen LogP contribution >= 0.6 is 12.4 Å². The van der Waals surface area contributed by atoms with Crippen LogP contribution in [0.5, 0.6) is 0 Å². The van der Waals surface area contributed by atoms with Crippen molar-refractivity contribution in [1.29, 1.82) is 0 Å². The monoisotopic (exact) mass is 165 g/mol. The first-order chi connectivity index (χ1) is 4.12. The standard InChI is InChI=1S/C8H19N.ClH/c1-5-7-8(3,4)9-6-2;/h9H,5-7H2,1-4H3;1H. The summed E-state index contributed by atoms with van der Waals surface area (Å²) in [5.41, 5.74) is 0.351. The Morgan fingerprint density at radius 3 is 2.00 bits per heavy atom. The van der Waals surface area contributed by atoms with E-state index in [9.17, 15) is 0 Å². The van der Waals surface area contributed by atoms with Gasteiger partial charge in [-0.05, 0) is 26.8 Å². The van der Waals surface area contributed by atoms with Crippen LogP contribution in [0.2, 0.25) is 0 Å². The molecule has 0 bridgehead atoms. The molecule has 2 heteroatoms. The number of halogens is 1. The maximum absolute atomic E-state index is 3.42. The molecule has 0 rings (SSSR count). The summed E-state index contributed by atoms with van der Waals surface area (Å²) in [4.78, 5) is 0. The van der Waals surface area contributed by atoms with Gasteiger partial charge in [0, 0.05) is 5.54 Å². The summed E-state index contributed by atoms with van der Waals surface area (Å²) in [6, 6.07) is 0. The highest BCUT2D eigenvalue weighted by atomic mass is 35.5. The van der Waals surface area contributed by atoms with Crippen LogP contribution in [-0.4, -0.2) is 12.1 Å². The van der Waals surface area contributed by atoms with E-state index in [0.717, 1.165) is 6.54 Å². The largest absolute Gasteiger partial charge is 0.312 e. The van der Waals surface area contributed by atoms with Crippen LogP contribution in [0.25, 0.3) is 0 Å². The lowest BCUT2D eigenvalue weighted by Crippen LogP contribution is -2.38. The fraction of sp³-hybridized carbons (Fsp3) is 1.00. The first-order valence-corrected chi connectivity index (χ1v) is 3.87. The van der Waals surface area contributed by atoms with Crippen LogP contribution in [0.1, 0.15) is 40.5 Å². The fourth-order valence-electron chi connectivity index (χ4n) is 1.19. The summed E-state index contributed by atoms with van der Waals surface area (Å²) < 4.78 is 0. The molecule has 0 fully saturated rings. The predicted octanol–water partition coefficient (Wildman–Crippen LogP) is 2.60. The lowest BCUT2D eigenvalue weighted by molar-refractivity contribution is 0.368. The summed E-state index contributed by atoms with van der Waals surface area (Å²) in [6.45, 7) is 9.95. The van der Waals surface area contributed by atoms with Gasteiger partial charge in [-0.3, -0.25) is 0 Å². The van der Waals surface area contributed by atoms with Gasteiger partial charge in [-0.15, -0.1) is 12.4 Å². The second kappa shape index (κ2) is 5.99. The first-order valence-electron chi connectivity index (χ1n) is 3.87. The summed E-state index contributed by atoms with van der Waals surface area (Å²) in [6.07, 6.45) is 2.53. The summed E-state index contributed by atoms with van der Waals surface area (Å²) in [7, 11) is 0. The van der Waals surface area contributed by atoms with Gasteiger partial charge in [0.1, 0.15) is 0 Å². The SMILES string of the molecule is CCCC(C)(C)NCC.Cl. The molecule has 10 heavy (non-hydrogen) atoms. The van der Waals surface area contributed by atoms with E-state index >= 15 is 0 Å². The number of nitrogens with one attached hydrogen (secondary N) is 1. The van der Waals surface area contributed by atoms with Crippen LogP contribution < -0.4 is 5.32 Å². The molecule has 0 unspecified atom stereocenters. The third kappa shape index (κ3) is 6.37. The Kier molecular flexibility index (Phi) is 7.72. The van der Waals surface area contributed by atoms with E-state index < -0.39 is 0 Å². The van der Waals surface area contributed by atoms with Crippen molar-refractivity contribution < 1.29 is 0 Å². The molecule has 0 aromatic rings. The van der Waals surface area contributed by atoms with E-state index in [1.807, 2.05) is 0 Å². The Morgan fingerprint density at radius 1 is 1.20 bits per heavy atom. The molecule has 0 aliphatic carbocycles. The third-order valence-corrected chi connectivity index (χ3v) is 1.53. The third-order valence-electron chi connectivity index (χ3n) is 1.53. The van der Waals surface area contributed by atoms with Crippen molar-refractivity contribution in [2.24, 2.45) is 0 Å². The average Bonchev–Trinajstić information content (AvgIpc) is 1.64. The van der Waals surface area contributed by atoms with E-state index in [1.54, 1.807) is 0 Å². The van der Waals surface area contributed by atoms with Crippen molar-refractivity contribution in [3.63, 3.8) is 0 Å². The van der Waals surface area contributed by atoms with Gasteiger partial charge in [0.05, 0.1) is 0 Å². The van der Waals surface area contributed by atoms with Crippen LogP contribution in [0, 0.1) is 0 Å². The van der Waals surface area contributed by atoms with E-state index in [-0.39, 0.29) is 12.4 Å². The molecule has 1 nitrogen and oxygen atoms in total. The highest BCUT2D eigenvalue weighted by Crippen LogP contribution is 2.09. The predicted molar refractivity (Wildman–Crippen MR) is 49.9 cm³/mol. The van der Waals surface area contributed by atoms with Crippen molar-refractivity contribution in [3.8, 4) is 0 Å². The molecule has 1 N–H and O–H groups in total. The fourth-order valence-corrected chi connectivity index (χ4v) is 1.19. The number of rotatable bonds is 4. The summed E-state index contributed by atoms with van der Waals surface area (Å²) in [5, 5.41) is 3.42. The zero-order valence-electron chi connectivity index (χ0n) is 7.53. The van der Waals surface area contributed by atoms with E-state index in [2.05, 4.69) is 33.0 Å². The van der Waals surface area contributed by atoms with Crippen LogP contribution in [0.4, 0.5) is 0 Å². The molecule has 0 spiro atoms. The van der Waals surface area contributed by atoms with Gasteiger partial charge in [0.2, 0.25) is 0 Å². The molecule has 0 aromatic heterocycles. The normalized spacial score (nSPS) is 10.8. The smallest absolute Gasteiger partial charge is 0.0124 e.